The van der Waals surface area contributed by atoms with Gasteiger partial charge in [-0.2, -0.15) is 0 Å². The van der Waals surface area contributed by atoms with Crippen LogP contribution in [0.25, 0.3) is 0 Å². The smallest absolute Gasteiger partial charge is 0.243 e. The average molecular weight is 248 g/mol. The summed E-state index contributed by atoms with van der Waals surface area (Å²) in [6.07, 6.45) is -0.910. The highest BCUT2D eigenvalue weighted by Gasteiger charge is 2.65. The van der Waals surface area contributed by atoms with Crippen molar-refractivity contribution in [3.63, 3.8) is 0 Å². The van der Waals surface area contributed by atoms with E-state index in [9.17, 15) is 22.4 Å². The molecule has 0 radical (unpaired) electrons. The maximum atomic E-state index is 14.4. The van der Waals surface area contributed by atoms with Gasteiger partial charge in [0.25, 0.3) is 0 Å². The lowest BCUT2D eigenvalue weighted by molar-refractivity contribution is -0.133. The molecule has 0 aromatic heterocycles. The molecule has 2 bridgehead atoms. The monoisotopic (exact) mass is 248 g/mol. The Labute approximate surface area is 96.2 Å². The van der Waals surface area contributed by atoms with Crippen molar-refractivity contribution in [2.45, 2.75) is 44.4 Å². The van der Waals surface area contributed by atoms with Crippen molar-refractivity contribution in [2.24, 2.45) is 0 Å². The van der Waals surface area contributed by atoms with E-state index in [4.69, 9.17) is 0 Å². The van der Waals surface area contributed by atoms with Crippen LogP contribution in [-0.4, -0.2) is 17.1 Å². The fraction of sp³-hybridized carbons (Fsp3) is 0.583. The zero-order valence-corrected chi connectivity index (χ0v) is 9.54. The standard InChI is InChI=1S/C12H12F4O/c1-3-6-7(4-2)12(16)8(17)5-11(6,15)9(13)10(12)14/h3-5H2,1-2H3/t11-,12+/m0/s1. The molecule has 0 saturated carbocycles. The van der Waals surface area contributed by atoms with Crippen molar-refractivity contribution in [1.82, 2.24) is 0 Å². The molecule has 0 unspecified atom stereocenters. The largest absolute Gasteiger partial charge is 0.295 e. The average Bonchev–Trinajstić information content (AvgIpc) is 2.29. The van der Waals surface area contributed by atoms with Crippen LogP contribution in [0.2, 0.25) is 0 Å². The van der Waals surface area contributed by atoms with E-state index in [1.807, 2.05) is 0 Å². The number of halogens is 4. The van der Waals surface area contributed by atoms with Crippen LogP contribution < -0.4 is 0 Å². The number of hydrogen-bond acceptors (Lipinski definition) is 1. The molecule has 0 aromatic carbocycles. The minimum atomic E-state index is -3.07. The minimum Gasteiger partial charge on any atom is -0.295 e. The molecule has 0 aliphatic heterocycles. The number of alkyl halides is 2. The molecule has 3 aliphatic carbocycles. The zero-order valence-electron chi connectivity index (χ0n) is 9.54. The highest BCUT2D eigenvalue weighted by atomic mass is 19.2. The van der Waals surface area contributed by atoms with Gasteiger partial charge in [-0.1, -0.05) is 13.8 Å². The summed E-state index contributed by atoms with van der Waals surface area (Å²) in [5.74, 6) is -4.90. The molecule has 1 nitrogen and oxygen atoms in total. The fourth-order valence-electron chi connectivity index (χ4n) is 2.81. The topological polar surface area (TPSA) is 17.1 Å². The summed E-state index contributed by atoms with van der Waals surface area (Å²) in [5.41, 5.74) is -6.22. The first-order valence-electron chi connectivity index (χ1n) is 5.54. The predicted molar refractivity (Wildman–Crippen MR) is 54.2 cm³/mol. The van der Waals surface area contributed by atoms with E-state index in [1.165, 1.54) is 13.8 Å². The van der Waals surface area contributed by atoms with Gasteiger partial charge in [0.05, 0.1) is 6.42 Å². The summed E-state index contributed by atoms with van der Waals surface area (Å²) >= 11 is 0. The molecule has 0 N–H and O–H groups in total. The Morgan fingerprint density at radius 2 is 1.59 bits per heavy atom. The molecule has 3 rings (SSSR count). The van der Waals surface area contributed by atoms with E-state index in [2.05, 4.69) is 0 Å². The van der Waals surface area contributed by atoms with Crippen molar-refractivity contribution in [1.29, 1.82) is 0 Å². The summed E-state index contributed by atoms with van der Waals surface area (Å²) in [6, 6.07) is 0. The van der Waals surface area contributed by atoms with Crippen LogP contribution in [0.1, 0.15) is 33.1 Å². The van der Waals surface area contributed by atoms with Crippen LogP contribution >= 0.6 is 0 Å². The van der Waals surface area contributed by atoms with Crippen molar-refractivity contribution in [3.8, 4) is 0 Å². The van der Waals surface area contributed by atoms with Gasteiger partial charge in [0, 0.05) is 0 Å². The highest BCUT2D eigenvalue weighted by molar-refractivity contribution is 5.99. The number of hydrogen-bond donors (Lipinski definition) is 0. The fourth-order valence-corrected chi connectivity index (χ4v) is 2.81. The van der Waals surface area contributed by atoms with Gasteiger partial charge in [0.2, 0.25) is 5.67 Å². The molecule has 0 saturated heterocycles. The van der Waals surface area contributed by atoms with Crippen LogP contribution in [0.15, 0.2) is 22.8 Å². The second-order valence-electron chi connectivity index (χ2n) is 4.35. The Bertz CT molecular complexity index is 465. The summed E-state index contributed by atoms with van der Waals surface area (Å²) in [6.45, 7) is 3.03. The summed E-state index contributed by atoms with van der Waals surface area (Å²) in [5, 5.41) is 0. The van der Waals surface area contributed by atoms with Crippen LogP contribution in [0.5, 0.6) is 0 Å². The second kappa shape index (κ2) is 3.43. The molecule has 94 valence electrons. The molecule has 2 atom stereocenters. The molecular weight excluding hydrogens is 236 g/mol. The Hall–Kier alpha value is -1.13. The SMILES string of the molecule is CCC1=C(CC)[C@@]2(F)C(=O)C[C@@]1(F)C(F)=C2F. The molecule has 0 amide bonds. The van der Waals surface area contributed by atoms with Crippen LogP contribution in [0.4, 0.5) is 17.6 Å². The molecule has 0 heterocycles. The third-order valence-electron chi connectivity index (χ3n) is 3.60. The van der Waals surface area contributed by atoms with Crippen molar-refractivity contribution in [2.75, 3.05) is 0 Å². The van der Waals surface area contributed by atoms with Gasteiger partial charge in [-0.05, 0) is 24.0 Å². The number of carbonyl (C=O) groups is 1. The zero-order chi connectivity index (χ0) is 13.0. The number of fused-ring (bicyclic) bond motifs is 1. The summed E-state index contributed by atoms with van der Waals surface area (Å²) in [4.78, 5) is 11.5. The summed E-state index contributed by atoms with van der Waals surface area (Å²) < 4.78 is 55.8. The Kier molecular flexibility index (Phi) is 2.49. The van der Waals surface area contributed by atoms with Gasteiger partial charge >= 0.3 is 0 Å². The molecule has 17 heavy (non-hydrogen) atoms. The molecule has 3 aliphatic rings. The van der Waals surface area contributed by atoms with Crippen molar-refractivity contribution >= 4 is 5.78 Å². The van der Waals surface area contributed by atoms with E-state index >= 15 is 0 Å². The van der Waals surface area contributed by atoms with Gasteiger partial charge in [0.1, 0.15) is 0 Å². The van der Waals surface area contributed by atoms with Crippen molar-refractivity contribution in [3.05, 3.63) is 22.8 Å². The Morgan fingerprint density at radius 3 is 2.06 bits per heavy atom. The van der Waals surface area contributed by atoms with Crippen molar-refractivity contribution < 1.29 is 22.4 Å². The maximum Gasteiger partial charge on any atom is 0.243 e. The van der Waals surface area contributed by atoms with Gasteiger partial charge in [0.15, 0.2) is 23.1 Å². The Morgan fingerprint density at radius 1 is 1.06 bits per heavy atom. The van der Waals surface area contributed by atoms with E-state index in [1.54, 1.807) is 0 Å². The van der Waals surface area contributed by atoms with Crippen LogP contribution in [-0.2, 0) is 4.79 Å². The van der Waals surface area contributed by atoms with E-state index in [0.717, 1.165) is 0 Å². The lowest BCUT2D eigenvalue weighted by Crippen LogP contribution is -2.54. The third-order valence-corrected chi connectivity index (χ3v) is 3.60. The molecule has 0 aromatic rings. The molecule has 0 spiro atoms. The maximum absolute atomic E-state index is 14.4. The van der Waals surface area contributed by atoms with E-state index in [-0.39, 0.29) is 24.0 Å². The van der Waals surface area contributed by atoms with Gasteiger partial charge in [-0.25, -0.2) is 17.6 Å². The molecule has 5 heteroatoms. The molecule has 0 fully saturated rings. The van der Waals surface area contributed by atoms with E-state index in [0.29, 0.717) is 0 Å². The molecular formula is C12H12F4O. The number of carbonyl (C=O) groups excluding carboxylic acids is 1. The van der Waals surface area contributed by atoms with Gasteiger partial charge < -0.3 is 0 Å². The number of allylic oxidation sites excluding steroid dienone is 4. The third kappa shape index (κ3) is 1.17. The predicted octanol–water partition coefficient (Wildman–Crippen LogP) is 3.66. The minimum absolute atomic E-state index is 0.0161. The number of ketones is 1. The van der Waals surface area contributed by atoms with E-state index < -0.39 is 35.2 Å². The Balaban J connectivity index is 2.80. The highest BCUT2D eigenvalue weighted by Crippen LogP contribution is 2.57. The number of rotatable bonds is 2. The van der Waals surface area contributed by atoms with Crippen LogP contribution in [0, 0.1) is 0 Å². The van der Waals surface area contributed by atoms with Gasteiger partial charge in [-0.3, -0.25) is 4.79 Å². The first kappa shape index (κ1) is 12.3. The second-order valence-corrected chi connectivity index (χ2v) is 4.35. The first-order chi connectivity index (χ1) is 7.83. The lowest BCUT2D eigenvalue weighted by Gasteiger charge is -2.44. The first-order valence-corrected chi connectivity index (χ1v) is 5.54. The lowest BCUT2D eigenvalue weighted by atomic mass is 9.64. The van der Waals surface area contributed by atoms with Crippen LogP contribution in [0.3, 0.4) is 0 Å². The normalized spacial score (nSPS) is 37.2. The summed E-state index contributed by atoms with van der Waals surface area (Å²) in [7, 11) is 0. The quantitative estimate of drug-likeness (QED) is 0.538. The van der Waals surface area contributed by atoms with Gasteiger partial charge in [-0.15, -0.1) is 0 Å². The number of Topliss-reactive ketones (excluding diaryl/α,β-unsaturated/α-hetero) is 1.